The molecule has 0 heterocycles. The lowest BCUT2D eigenvalue weighted by Gasteiger charge is -2.31. The van der Waals surface area contributed by atoms with Gasteiger partial charge in [-0.1, -0.05) is 54.1 Å². The molecule has 0 aliphatic heterocycles. The first-order valence-electron chi connectivity index (χ1n) is 10.9. The Labute approximate surface area is 202 Å². The maximum atomic E-state index is 13.1. The van der Waals surface area contributed by atoms with Crippen LogP contribution >= 0.6 is 11.6 Å². The number of carbonyl (C=O) groups is 1. The molecule has 0 radical (unpaired) electrons. The zero-order valence-corrected chi connectivity index (χ0v) is 20.0. The Balaban J connectivity index is 1.73. The van der Waals surface area contributed by atoms with Gasteiger partial charge in [-0.3, -0.25) is 4.79 Å². The average Bonchev–Trinajstić information content (AvgIpc) is 2.78. The molecule has 1 amide bonds. The Morgan fingerprint density at radius 1 is 0.941 bits per heavy atom. The molecular formula is C27H27ClF3NO2. The summed E-state index contributed by atoms with van der Waals surface area (Å²) >= 11 is 6.02. The summed E-state index contributed by atoms with van der Waals surface area (Å²) in [7, 11) is 0. The molecular weight excluding hydrogens is 463 g/mol. The molecule has 34 heavy (non-hydrogen) atoms. The van der Waals surface area contributed by atoms with Crippen LogP contribution in [0.2, 0.25) is 5.02 Å². The first kappa shape index (κ1) is 25.6. The number of rotatable bonds is 8. The van der Waals surface area contributed by atoms with E-state index in [1.165, 1.54) is 12.1 Å². The van der Waals surface area contributed by atoms with Gasteiger partial charge in [-0.25, -0.2) is 0 Å². The average molecular weight is 490 g/mol. The van der Waals surface area contributed by atoms with Gasteiger partial charge in [-0.15, -0.1) is 0 Å². The summed E-state index contributed by atoms with van der Waals surface area (Å²) < 4.78 is 44.2. The summed E-state index contributed by atoms with van der Waals surface area (Å²) in [5.41, 5.74) is 0.0881. The third kappa shape index (κ3) is 6.76. The Morgan fingerprint density at radius 2 is 1.53 bits per heavy atom. The summed E-state index contributed by atoms with van der Waals surface area (Å²) in [6, 6.07) is 21.5. The van der Waals surface area contributed by atoms with Gasteiger partial charge in [0.2, 0.25) is 0 Å². The van der Waals surface area contributed by atoms with Crippen LogP contribution in [0.5, 0.6) is 5.75 Å². The number of hydrogen-bond donors (Lipinski definition) is 1. The van der Waals surface area contributed by atoms with Gasteiger partial charge in [0.1, 0.15) is 5.75 Å². The van der Waals surface area contributed by atoms with E-state index in [1.54, 1.807) is 13.8 Å². The van der Waals surface area contributed by atoms with E-state index in [-0.39, 0.29) is 23.6 Å². The molecule has 0 fully saturated rings. The molecule has 0 saturated carbocycles. The molecule has 3 aromatic rings. The van der Waals surface area contributed by atoms with Crippen molar-refractivity contribution in [3.8, 4) is 5.75 Å². The Kier molecular flexibility index (Phi) is 7.93. The highest BCUT2D eigenvalue weighted by Crippen LogP contribution is 2.31. The molecule has 180 valence electrons. The molecule has 1 N–H and O–H groups in total. The number of alkyl halides is 3. The van der Waals surface area contributed by atoms with Crippen LogP contribution in [0.3, 0.4) is 0 Å². The Bertz CT molecular complexity index is 1080. The first-order chi connectivity index (χ1) is 16.0. The van der Waals surface area contributed by atoms with Crippen LogP contribution in [0.4, 0.5) is 13.2 Å². The summed E-state index contributed by atoms with van der Waals surface area (Å²) in [4.78, 5) is 13.1. The molecule has 0 aliphatic rings. The van der Waals surface area contributed by atoms with Crippen molar-refractivity contribution in [2.75, 3.05) is 0 Å². The van der Waals surface area contributed by atoms with Gasteiger partial charge in [0.15, 0.2) is 5.60 Å². The van der Waals surface area contributed by atoms with Gasteiger partial charge < -0.3 is 10.1 Å². The van der Waals surface area contributed by atoms with E-state index in [1.807, 2.05) is 61.5 Å². The number of halogens is 4. The topological polar surface area (TPSA) is 38.3 Å². The van der Waals surface area contributed by atoms with Gasteiger partial charge in [0.05, 0.1) is 5.56 Å². The minimum absolute atomic E-state index is 0.0202. The standard InChI is InChI=1S/C27H27ClF3NO2/c1-18(24(20-7-5-4-6-8-20)17-19-9-13-22(28)14-10-19)32-25(33)26(2,3)34-23-15-11-21(12-16-23)27(29,30)31/h4-16,18,24H,17H2,1-3H3,(H,32,33)/t18-,24?/m0/s1. The zero-order chi connectivity index (χ0) is 24.9. The van der Waals surface area contributed by atoms with Gasteiger partial charge in [-0.05, 0) is 74.7 Å². The highest BCUT2D eigenvalue weighted by molar-refractivity contribution is 6.30. The van der Waals surface area contributed by atoms with Crippen LogP contribution in [-0.2, 0) is 17.4 Å². The SMILES string of the molecule is C[C@H](NC(=O)C(C)(C)Oc1ccc(C(F)(F)F)cc1)C(Cc1ccc(Cl)cc1)c1ccccc1. The summed E-state index contributed by atoms with van der Waals surface area (Å²) in [5, 5.41) is 3.69. The molecule has 2 atom stereocenters. The highest BCUT2D eigenvalue weighted by atomic mass is 35.5. The molecule has 0 aromatic heterocycles. The molecule has 7 heteroatoms. The first-order valence-corrected chi connectivity index (χ1v) is 11.3. The zero-order valence-electron chi connectivity index (χ0n) is 19.2. The summed E-state index contributed by atoms with van der Waals surface area (Å²) in [6.07, 6.45) is -3.75. The second-order valence-corrected chi connectivity index (χ2v) is 9.18. The molecule has 3 nitrogen and oxygen atoms in total. The fourth-order valence-corrected chi connectivity index (χ4v) is 3.82. The third-order valence-electron chi connectivity index (χ3n) is 5.66. The van der Waals surface area contributed by atoms with E-state index >= 15 is 0 Å². The van der Waals surface area contributed by atoms with Crippen molar-refractivity contribution < 1.29 is 22.7 Å². The van der Waals surface area contributed by atoms with E-state index in [0.29, 0.717) is 11.4 Å². The molecule has 0 saturated heterocycles. The van der Waals surface area contributed by atoms with Crippen molar-refractivity contribution in [2.24, 2.45) is 0 Å². The van der Waals surface area contributed by atoms with Gasteiger partial charge in [0.25, 0.3) is 5.91 Å². The number of carbonyl (C=O) groups excluding carboxylic acids is 1. The maximum Gasteiger partial charge on any atom is 0.416 e. The number of amides is 1. The number of hydrogen-bond acceptors (Lipinski definition) is 2. The Morgan fingerprint density at radius 3 is 2.09 bits per heavy atom. The largest absolute Gasteiger partial charge is 0.478 e. The predicted octanol–water partition coefficient (Wildman–Crippen LogP) is 7.05. The van der Waals surface area contributed by atoms with E-state index < -0.39 is 17.3 Å². The van der Waals surface area contributed by atoms with Crippen molar-refractivity contribution in [1.29, 1.82) is 0 Å². The fraction of sp³-hybridized carbons (Fsp3) is 0.296. The molecule has 0 spiro atoms. The van der Waals surface area contributed by atoms with Crippen LogP contribution in [-0.4, -0.2) is 17.6 Å². The van der Waals surface area contributed by atoms with Crippen molar-refractivity contribution >= 4 is 17.5 Å². The second-order valence-electron chi connectivity index (χ2n) is 8.74. The lowest BCUT2D eigenvalue weighted by Crippen LogP contribution is -2.51. The van der Waals surface area contributed by atoms with Crippen molar-refractivity contribution in [3.63, 3.8) is 0 Å². The van der Waals surface area contributed by atoms with Crippen molar-refractivity contribution in [3.05, 3.63) is 101 Å². The molecule has 0 bridgehead atoms. The summed E-state index contributed by atoms with van der Waals surface area (Å²) in [5.74, 6) is -0.202. The van der Waals surface area contributed by atoms with Gasteiger partial charge in [0, 0.05) is 17.0 Å². The van der Waals surface area contributed by atoms with Crippen LogP contribution in [0.1, 0.15) is 43.4 Å². The number of benzene rings is 3. The van der Waals surface area contributed by atoms with Gasteiger partial charge >= 0.3 is 6.18 Å². The highest BCUT2D eigenvalue weighted by Gasteiger charge is 2.34. The normalized spacial score (nSPS) is 13.7. The molecule has 1 unspecified atom stereocenters. The maximum absolute atomic E-state index is 13.1. The quantitative estimate of drug-likeness (QED) is 0.368. The van der Waals surface area contributed by atoms with E-state index in [9.17, 15) is 18.0 Å². The van der Waals surface area contributed by atoms with Gasteiger partial charge in [-0.2, -0.15) is 13.2 Å². The third-order valence-corrected chi connectivity index (χ3v) is 5.91. The van der Waals surface area contributed by atoms with Crippen LogP contribution in [0.15, 0.2) is 78.9 Å². The second kappa shape index (κ2) is 10.5. The lowest BCUT2D eigenvalue weighted by atomic mass is 9.86. The summed E-state index contributed by atoms with van der Waals surface area (Å²) in [6.45, 7) is 5.10. The predicted molar refractivity (Wildman–Crippen MR) is 128 cm³/mol. The minimum atomic E-state index is -4.43. The fourth-order valence-electron chi connectivity index (χ4n) is 3.69. The smallest absolute Gasteiger partial charge is 0.416 e. The van der Waals surface area contributed by atoms with Crippen LogP contribution < -0.4 is 10.1 Å². The lowest BCUT2D eigenvalue weighted by molar-refractivity contribution is -0.138. The number of nitrogens with one attached hydrogen (secondary N) is 1. The monoisotopic (exact) mass is 489 g/mol. The van der Waals surface area contributed by atoms with E-state index in [0.717, 1.165) is 23.3 Å². The molecule has 3 aromatic carbocycles. The van der Waals surface area contributed by atoms with E-state index in [4.69, 9.17) is 16.3 Å². The minimum Gasteiger partial charge on any atom is -0.478 e. The van der Waals surface area contributed by atoms with Crippen molar-refractivity contribution in [2.45, 2.75) is 50.9 Å². The van der Waals surface area contributed by atoms with Crippen LogP contribution in [0, 0.1) is 0 Å². The Hall–Kier alpha value is -2.99. The number of ether oxygens (including phenoxy) is 1. The van der Waals surface area contributed by atoms with Crippen LogP contribution in [0.25, 0.3) is 0 Å². The van der Waals surface area contributed by atoms with Crippen molar-refractivity contribution in [1.82, 2.24) is 5.32 Å². The molecule has 0 aliphatic carbocycles. The van der Waals surface area contributed by atoms with E-state index in [2.05, 4.69) is 5.32 Å². The molecule has 3 rings (SSSR count).